The third-order valence-corrected chi connectivity index (χ3v) is 4.46. The molecule has 3 saturated heterocycles. The Kier molecular flexibility index (Phi) is 3.40. The summed E-state index contributed by atoms with van der Waals surface area (Å²) in [6.07, 6.45) is -0.759. The number of aliphatic hydroxyl groups is 1. The minimum absolute atomic E-state index is 0.0105. The van der Waals surface area contributed by atoms with Gasteiger partial charge in [0.25, 0.3) is 0 Å². The molecule has 3 aliphatic rings. The molecule has 3 nitrogen and oxygen atoms in total. The Morgan fingerprint density at radius 3 is 2.61 bits per heavy atom. The minimum atomic E-state index is -0.759. The molecule has 0 spiro atoms. The van der Waals surface area contributed by atoms with E-state index in [1.54, 1.807) is 12.1 Å². The van der Waals surface area contributed by atoms with Crippen LogP contribution in [-0.4, -0.2) is 53.7 Å². The molecule has 2 atom stereocenters. The van der Waals surface area contributed by atoms with Crippen LogP contribution in [0.3, 0.4) is 0 Å². The summed E-state index contributed by atoms with van der Waals surface area (Å²) in [5.41, 5.74) is 0.392. The maximum atomic E-state index is 13.8. The van der Waals surface area contributed by atoms with Gasteiger partial charge in [-0.3, -0.25) is 9.80 Å². The van der Waals surface area contributed by atoms with Gasteiger partial charge in [-0.1, -0.05) is 15.9 Å². The van der Waals surface area contributed by atoms with Gasteiger partial charge in [0, 0.05) is 42.8 Å². The lowest BCUT2D eigenvalue weighted by Gasteiger charge is -2.49. The van der Waals surface area contributed by atoms with Crippen molar-refractivity contribution in [2.45, 2.75) is 12.1 Å². The SMILES string of the molecule is OC(c1cc(Br)ccc1F)C1CN2CCN1CC2. The van der Waals surface area contributed by atoms with Gasteiger partial charge in [0.05, 0.1) is 12.1 Å². The van der Waals surface area contributed by atoms with Crippen molar-refractivity contribution in [3.8, 4) is 0 Å². The summed E-state index contributed by atoms with van der Waals surface area (Å²) in [4.78, 5) is 4.61. The first-order valence-electron chi connectivity index (χ1n) is 6.24. The second kappa shape index (κ2) is 4.89. The van der Waals surface area contributed by atoms with Crippen molar-refractivity contribution < 1.29 is 9.50 Å². The lowest BCUT2D eigenvalue weighted by atomic mass is 9.96. The van der Waals surface area contributed by atoms with E-state index in [2.05, 4.69) is 25.7 Å². The molecule has 2 bridgehead atoms. The molecule has 4 rings (SSSR count). The fourth-order valence-electron chi connectivity index (χ4n) is 2.91. The Bertz CT molecular complexity index is 449. The van der Waals surface area contributed by atoms with Gasteiger partial charge in [0.2, 0.25) is 0 Å². The zero-order valence-electron chi connectivity index (χ0n) is 10.0. The Balaban J connectivity index is 1.85. The van der Waals surface area contributed by atoms with Crippen LogP contribution in [0.4, 0.5) is 4.39 Å². The van der Waals surface area contributed by atoms with E-state index in [-0.39, 0.29) is 11.9 Å². The molecule has 0 aromatic heterocycles. The van der Waals surface area contributed by atoms with Crippen LogP contribution < -0.4 is 0 Å². The molecule has 0 radical (unpaired) electrons. The van der Waals surface area contributed by atoms with E-state index in [9.17, 15) is 9.50 Å². The average molecular weight is 315 g/mol. The van der Waals surface area contributed by atoms with E-state index in [0.717, 1.165) is 37.2 Å². The van der Waals surface area contributed by atoms with E-state index in [1.807, 2.05) is 0 Å². The summed E-state index contributed by atoms with van der Waals surface area (Å²) in [5, 5.41) is 10.4. The summed E-state index contributed by atoms with van der Waals surface area (Å²) in [5.74, 6) is -0.330. The number of halogens is 2. The number of nitrogens with zero attached hydrogens (tertiary/aromatic N) is 2. The molecule has 2 unspecified atom stereocenters. The first-order valence-corrected chi connectivity index (χ1v) is 7.04. The van der Waals surface area contributed by atoms with E-state index >= 15 is 0 Å². The number of benzene rings is 1. The van der Waals surface area contributed by atoms with Crippen molar-refractivity contribution in [1.29, 1.82) is 0 Å². The molecule has 5 heteroatoms. The van der Waals surface area contributed by atoms with E-state index in [1.165, 1.54) is 6.07 Å². The van der Waals surface area contributed by atoms with Gasteiger partial charge in [0.15, 0.2) is 0 Å². The fourth-order valence-corrected chi connectivity index (χ4v) is 3.28. The molecule has 1 aromatic rings. The predicted octanol–water partition coefficient (Wildman–Crippen LogP) is 1.62. The first kappa shape index (κ1) is 12.5. The van der Waals surface area contributed by atoms with Gasteiger partial charge >= 0.3 is 0 Å². The molecular formula is C13H16BrFN2O. The van der Waals surface area contributed by atoms with Crippen LogP contribution in [-0.2, 0) is 0 Å². The summed E-state index contributed by atoms with van der Waals surface area (Å²) in [6.45, 7) is 4.89. The monoisotopic (exact) mass is 314 g/mol. The maximum Gasteiger partial charge on any atom is 0.129 e. The van der Waals surface area contributed by atoms with Crippen LogP contribution >= 0.6 is 15.9 Å². The van der Waals surface area contributed by atoms with Crippen LogP contribution in [0.15, 0.2) is 22.7 Å². The summed E-state index contributed by atoms with van der Waals surface area (Å²) < 4.78 is 14.6. The predicted molar refractivity (Wildman–Crippen MR) is 70.9 cm³/mol. The molecule has 18 heavy (non-hydrogen) atoms. The number of rotatable bonds is 2. The summed E-state index contributed by atoms with van der Waals surface area (Å²) >= 11 is 3.33. The number of hydrogen-bond acceptors (Lipinski definition) is 3. The number of fused-ring (bicyclic) bond motifs is 3. The highest BCUT2D eigenvalue weighted by Crippen LogP contribution is 2.30. The van der Waals surface area contributed by atoms with Gasteiger partial charge in [-0.05, 0) is 18.2 Å². The van der Waals surface area contributed by atoms with E-state index in [0.29, 0.717) is 5.56 Å². The van der Waals surface area contributed by atoms with Crippen molar-refractivity contribution >= 4 is 15.9 Å². The average Bonchev–Trinajstić information content (AvgIpc) is 2.42. The van der Waals surface area contributed by atoms with Gasteiger partial charge in [0.1, 0.15) is 5.82 Å². The lowest BCUT2D eigenvalue weighted by molar-refractivity contribution is -0.0480. The van der Waals surface area contributed by atoms with E-state index < -0.39 is 6.10 Å². The molecule has 0 aliphatic carbocycles. The molecule has 3 aliphatic heterocycles. The zero-order chi connectivity index (χ0) is 12.7. The molecule has 98 valence electrons. The molecule has 3 heterocycles. The Morgan fingerprint density at radius 2 is 2.00 bits per heavy atom. The second-order valence-corrected chi connectivity index (χ2v) is 5.93. The van der Waals surface area contributed by atoms with Crippen molar-refractivity contribution in [3.05, 3.63) is 34.1 Å². The van der Waals surface area contributed by atoms with Gasteiger partial charge in [-0.15, -0.1) is 0 Å². The summed E-state index contributed by atoms with van der Waals surface area (Å²) in [7, 11) is 0. The molecular weight excluding hydrogens is 299 g/mol. The highest BCUT2D eigenvalue weighted by molar-refractivity contribution is 9.10. The minimum Gasteiger partial charge on any atom is -0.387 e. The van der Waals surface area contributed by atoms with Crippen molar-refractivity contribution in [2.24, 2.45) is 0 Å². The standard InChI is InChI=1S/C13H16BrFN2O/c14-9-1-2-11(15)10(7-9)13(18)12-8-16-3-5-17(12)6-4-16/h1-2,7,12-13,18H,3-6,8H2. The van der Waals surface area contributed by atoms with Crippen molar-refractivity contribution in [2.75, 3.05) is 32.7 Å². The molecule has 1 N–H and O–H groups in total. The largest absolute Gasteiger partial charge is 0.387 e. The van der Waals surface area contributed by atoms with E-state index in [4.69, 9.17) is 0 Å². The van der Waals surface area contributed by atoms with Gasteiger partial charge in [-0.2, -0.15) is 0 Å². The third kappa shape index (κ3) is 2.20. The van der Waals surface area contributed by atoms with Crippen LogP contribution in [0.5, 0.6) is 0 Å². The Morgan fingerprint density at radius 1 is 1.28 bits per heavy atom. The topological polar surface area (TPSA) is 26.7 Å². The smallest absolute Gasteiger partial charge is 0.129 e. The number of hydrogen-bond donors (Lipinski definition) is 1. The first-order chi connectivity index (χ1) is 8.65. The van der Waals surface area contributed by atoms with Crippen LogP contribution in [0.25, 0.3) is 0 Å². The second-order valence-electron chi connectivity index (χ2n) is 5.01. The van der Waals surface area contributed by atoms with Gasteiger partial charge in [-0.25, -0.2) is 4.39 Å². The highest BCUT2D eigenvalue weighted by atomic mass is 79.9. The summed E-state index contributed by atoms with van der Waals surface area (Å²) in [6, 6.07) is 4.75. The zero-order valence-corrected chi connectivity index (χ0v) is 11.6. The van der Waals surface area contributed by atoms with Crippen LogP contribution in [0, 0.1) is 5.82 Å². The molecule has 0 saturated carbocycles. The van der Waals surface area contributed by atoms with Crippen LogP contribution in [0.2, 0.25) is 0 Å². The quantitative estimate of drug-likeness (QED) is 0.898. The molecule has 3 fully saturated rings. The Labute approximate surface area is 114 Å². The van der Waals surface area contributed by atoms with Crippen molar-refractivity contribution in [3.63, 3.8) is 0 Å². The number of piperazine rings is 3. The Hall–Kier alpha value is -0.490. The normalized spacial score (nSPS) is 32.5. The van der Waals surface area contributed by atoms with Crippen LogP contribution in [0.1, 0.15) is 11.7 Å². The molecule has 1 aromatic carbocycles. The molecule has 0 amide bonds. The third-order valence-electron chi connectivity index (χ3n) is 3.96. The van der Waals surface area contributed by atoms with Crippen molar-refractivity contribution in [1.82, 2.24) is 9.80 Å². The number of aliphatic hydroxyl groups excluding tert-OH is 1. The highest BCUT2D eigenvalue weighted by Gasteiger charge is 2.37. The van der Waals surface area contributed by atoms with Gasteiger partial charge < -0.3 is 5.11 Å². The fraction of sp³-hybridized carbons (Fsp3) is 0.538. The lowest BCUT2D eigenvalue weighted by Crippen LogP contribution is -2.62. The maximum absolute atomic E-state index is 13.8.